The van der Waals surface area contributed by atoms with Crippen LogP contribution in [-0.4, -0.2) is 16.9 Å². The lowest BCUT2D eigenvalue weighted by Crippen LogP contribution is -2.32. The predicted octanol–water partition coefficient (Wildman–Crippen LogP) is 2.28. The third kappa shape index (κ3) is 2.39. The number of carbonyl (C=O) groups is 1. The summed E-state index contributed by atoms with van der Waals surface area (Å²) in [5, 5.41) is 5.00. The van der Waals surface area contributed by atoms with Crippen LogP contribution in [0.4, 0.5) is 5.82 Å². The zero-order valence-corrected chi connectivity index (χ0v) is 10.9. The molecular weight excluding hydrogens is 282 g/mol. The molecule has 0 aliphatic carbocycles. The van der Waals surface area contributed by atoms with Gasteiger partial charge in [-0.3, -0.25) is 4.79 Å². The summed E-state index contributed by atoms with van der Waals surface area (Å²) in [4.78, 5) is 15.3. The van der Waals surface area contributed by atoms with Gasteiger partial charge >= 0.3 is 0 Å². The van der Waals surface area contributed by atoms with Gasteiger partial charge in [-0.1, -0.05) is 28.1 Å². The van der Waals surface area contributed by atoms with Gasteiger partial charge in [0.1, 0.15) is 11.9 Å². The van der Waals surface area contributed by atoms with Gasteiger partial charge in [-0.05, 0) is 19.1 Å². The highest BCUT2D eigenvalue weighted by molar-refractivity contribution is 9.10. The van der Waals surface area contributed by atoms with E-state index < -0.39 is 11.9 Å². The van der Waals surface area contributed by atoms with E-state index >= 15 is 0 Å². The smallest absolute Gasteiger partial charge is 0.239 e. The number of nitrogens with zero attached hydrogens (tertiary/aromatic N) is 1. The van der Waals surface area contributed by atoms with E-state index in [4.69, 9.17) is 5.73 Å². The predicted molar refractivity (Wildman–Crippen MR) is 71.7 cm³/mol. The second-order valence-corrected chi connectivity index (χ2v) is 4.62. The summed E-state index contributed by atoms with van der Waals surface area (Å²) in [7, 11) is 0. The Bertz CT molecular complexity index is 571. The second kappa shape index (κ2) is 4.71. The summed E-state index contributed by atoms with van der Waals surface area (Å²) in [5.41, 5.74) is 5.22. The molecule has 17 heavy (non-hydrogen) atoms. The molecule has 0 spiro atoms. The van der Waals surface area contributed by atoms with Crippen LogP contribution in [0, 0.1) is 0 Å². The molecule has 1 aromatic carbocycles. The Balaban J connectivity index is 2.48. The lowest BCUT2D eigenvalue weighted by Gasteiger charge is -2.13. The Kier molecular flexibility index (Phi) is 3.28. The average molecular weight is 294 g/mol. The first-order valence-corrected chi connectivity index (χ1v) is 5.98. The number of halogens is 1. The molecule has 2 rings (SSSR count). The van der Waals surface area contributed by atoms with Crippen molar-refractivity contribution in [2.45, 2.75) is 13.0 Å². The van der Waals surface area contributed by atoms with Gasteiger partial charge in [-0.25, -0.2) is 4.98 Å². The van der Waals surface area contributed by atoms with E-state index in [1.54, 1.807) is 13.1 Å². The first-order valence-electron chi connectivity index (χ1n) is 5.18. The molecular formula is C12H12BrN3O. The highest BCUT2D eigenvalue weighted by Gasteiger charge is 2.11. The Labute approximate surface area is 107 Å². The van der Waals surface area contributed by atoms with Gasteiger partial charge in [0, 0.05) is 21.4 Å². The lowest BCUT2D eigenvalue weighted by molar-refractivity contribution is -0.118. The third-order valence-corrected chi connectivity index (χ3v) is 3.22. The van der Waals surface area contributed by atoms with Gasteiger partial charge in [0.25, 0.3) is 0 Å². The molecule has 88 valence electrons. The first kappa shape index (κ1) is 11.9. The standard InChI is InChI=1S/C12H12BrN3O/c1-7(11(14)17)16-12-9-3-2-4-10(13)8(9)5-6-15-12/h2-7H,1H3,(H2,14,17)(H,15,16). The fraction of sp³-hybridized carbons (Fsp3) is 0.167. The molecule has 1 amide bonds. The fourth-order valence-corrected chi connectivity index (χ4v) is 2.06. The quantitative estimate of drug-likeness (QED) is 0.912. The first-order chi connectivity index (χ1) is 8.09. The molecule has 2 aromatic rings. The van der Waals surface area contributed by atoms with Crippen LogP contribution in [0.2, 0.25) is 0 Å². The van der Waals surface area contributed by atoms with Crippen molar-refractivity contribution < 1.29 is 4.79 Å². The number of anilines is 1. The molecule has 4 nitrogen and oxygen atoms in total. The Hall–Kier alpha value is -1.62. The van der Waals surface area contributed by atoms with Crippen LogP contribution >= 0.6 is 15.9 Å². The number of hydrogen-bond acceptors (Lipinski definition) is 3. The van der Waals surface area contributed by atoms with E-state index in [-0.39, 0.29) is 0 Å². The molecule has 0 bridgehead atoms. The molecule has 1 unspecified atom stereocenters. The maximum absolute atomic E-state index is 11.0. The zero-order valence-electron chi connectivity index (χ0n) is 9.27. The van der Waals surface area contributed by atoms with E-state index in [0.29, 0.717) is 5.82 Å². The van der Waals surface area contributed by atoms with E-state index in [1.807, 2.05) is 24.3 Å². The molecule has 1 heterocycles. The van der Waals surface area contributed by atoms with Gasteiger partial charge < -0.3 is 11.1 Å². The summed E-state index contributed by atoms with van der Waals surface area (Å²) in [6.45, 7) is 1.71. The van der Waals surface area contributed by atoms with Gasteiger partial charge in [-0.2, -0.15) is 0 Å². The largest absolute Gasteiger partial charge is 0.368 e. The van der Waals surface area contributed by atoms with Crippen LogP contribution in [-0.2, 0) is 4.79 Å². The van der Waals surface area contributed by atoms with Crippen LogP contribution in [0.3, 0.4) is 0 Å². The SMILES string of the molecule is CC(Nc1nccc2c(Br)cccc12)C(N)=O. The van der Waals surface area contributed by atoms with Crippen molar-refractivity contribution in [1.29, 1.82) is 0 Å². The molecule has 1 atom stereocenters. The maximum atomic E-state index is 11.0. The number of rotatable bonds is 3. The number of benzene rings is 1. The Morgan fingerprint density at radius 2 is 2.18 bits per heavy atom. The molecule has 3 N–H and O–H groups in total. The molecule has 1 aromatic heterocycles. The molecule has 0 aliphatic rings. The van der Waals surface area contributed by atoms with Gasteiger partial charge in [0.2, 0.25) is 5.91 Å². The number of aromatic nitrogens is 1. The van der Waals surface area contributed by atoms with Crippen molar-refractivity contribution in [2.75, 3.05) is 5.32 Å². The number of amides is 1. The summed E-state index contributed by atoms with van der Waals surface area (Å²) in [5.74, 6) is 0.258. The zero-order chi connectivity index (χ0) is 12.4. The monoisotopic (exact) mass is 293 g/mol. The minimum atomic E-state index is -0.452. The van der Waals surface area contributed by atoms with Gasteiger partial charge in [-0.15, -0.1) is 0 Å². The van der Waals surface area contributed by atoms with E-state index in [9.17, 15) is 4.79 Å². The van der Waals surface area contributed by atoms with E-state index in [0.717, 1.165) is 15.2 Å². The van der Waals surface area contributed by atoms with Crippen LogP contribution in [0.5, 0.6) is 0 Å². The number of nitrogens with two attached hydrogens (primary N) is 1. The average Bonchev–Trinajstić information content (AvgIpc) is 2.30. The summed E-state index contributed by atoms with van der Waals surface area (Å²) in [6, 6.07) is 7.30. The minimum absolute atomic E-state index is 0.404. The lowest BCUT2D eigenvalue weighted by atomic mass is 10.1. The van der Waals surface area contributed by atoms with Crippen molar-refractivity contribution in [3.63, 3.8) is 0 Å². The fourth-order valence-electron chi connectivity index (χ4n) is 1.56. The van der Waals surface area contributed by atoms with E-state index in [1.165, 1.54) is 0 Å². The Morgan fingerprint density at radius 3 is 2.88 bits per heavy atom. The summed E-state index contributed by atoms with van der Waals surface area (Å²) < 4.78 is 0.993. The van der Waals surface area contributed by atoms with Crippen molar-refractivity contribution in [2.24, 2.45) is 5.73 Å². The summed E-state index contributed by atoms with van der Waals surface area (Å²) in [6.07, 6.45) is 1.70. The molecule has 5 heteroatoms. The topological polar surface area (TPSA) is 68.0 Å². The molecule has 0 saturated carbocycles. The van der Waals surface area contributed by atoms with Crippen molar-refractivity contribution in [3.05, 3.63) is 34.9 Å². The molecule has 0 aliphatic heterocycles. The van der Waals surface area contributed by atoms with Crippen LogP contribution < -0.4 is 11.1 Å². The van der Waals surface area contributed by atoms with Crippen molar-refractivity contribution in [1.82, 2.24) is 4.98 Å². The van der Waals surface area contributed by atoms with E-state index in [2.05, 4.69) is 26.2 Å². The molecule has 0 saturated heterocycles. The summed E-state index contributed by atoms with van der Waals surface area (Å²) >= 11 is 3.48. The van der Waals surface area contributed by atoms with Crippen LogP contribution in [0.1, 0.15) is 6.92 Å². The number of primary amides is 1. The second-order valence-electron chi connectivity index (χ2n) is 3.76. The van der Waals surface area contributed by atoms with Crippen LogP contribution in [0.25, 0.3) is 10.8 Å². The Morgan fingerprint density at radius 1 is 1.41 bits per heavy atom. The third-order valence-electron chi connectivity index (χ3n) is 2.53. The van der Waals surface area contributed by atoms with Crippen molar-refractivity contribution in [3.8, 4) is 0 Å². The van der Waals surface area contributed by atoms with Crippen molar-refractivity contribution >= 4 is 38.4 Å². The highest BCUT2D eigenvalue weighted by atomic mass is 79.9. The number of pyridine rings is 1. The number of carbonyl (C=O) groups excluding carboxylic acids is 1. The van der Waals surface area contributed by atoms with Gasteiger partial charge in [0.05, 0.1) is 0 Å². The maximum Gasteiger partial charge on any atom is 0.239 e. The number of nitrogens with one attached hydrogen (secondary N) is 1. The molecule has 0 radical (unpaired) electrons. The van der Waals surface area contributed by atoms with Gasteiger partial charge in [0.15, 0.2) is 0 Å². The van der Waals surface area contributed by atoms with Crippen LogP contribution in [0.15, 0.2) is 34.9 Å². The minimum Gasteiger partial charge on any atom is -0.368 e. The number of hydrogen-bond donors (Lipinski definition) is 2. The molecule has 0 fully saturated rings. The normalized spacial score (nSPS) is 12.4. The number of fused-ring (bicyclic) bond motifs is 1. The highest BCUT2D eigenvalue weighted by Crippen LogP contribution is 2.27.